The summed E-state index contributed by atoms with van der Waals surface area (Å²) in [6.45, 7) is 5.00. The lowest BCUT2D eigenvalue weighted by molar-refractivity contribution is 0.118. The predicted molar refractivity (Wildman–Crippen MR) is 71.2 cm³/mol. The highest BCUT2D eigenvalue weighted by molar-refractivity contribution is 7.91. The molecular weight excluding hydrogens is 248 g/mol. The molecule has 0 amide bonds. The van der Waals surface area contributed by atoms with E-state index in [-0.39, 0.29) is 11.9 Å². The van der Waals surface area contributed by atoms with Crippen LogP contribution in [0.3, 0.4) is 0 Å². The van der Waals surface area contributed by atoms with Gasteiger partial charge in [-0.15, -0.1) is 0 Å². The van der Waals surface area contributed by atoms with Gasteiger partial charge < -0.3 is 4.74 Å². The standard InChI is InChI=1S/C14H20O3S/c1-11(2)12-8-13(17-9-12)10-18(15,16)14-6-4-3-5-7-14/h3-7,11-13H,8-10H2,1-2H3/t12-,13+/m0/s1. The minimum Gasteiger partial charge on any atom is -0.377 e. The van der Waals surface area contributed by atoms with Gasteiger partial charge in [0.2, 0.25) is 0 Å². The van der Waals surface area contributed by atoms with Crippen molar-refractivity contribution >= 4 is 9.84 Å². The van der Waals surface area contributed by atoms with Crippen LogP contribution in [-0.2, 0) is 14.6 Å². The molecular formula is C14H20O3S. The maximum absolute atomic E-state index is 12.2. The van der Waals surface area contributed by atoms with Gasteiger partial charge in [0, 0.05) is 0 Å². The molecule has 1 aliphatic rings. The van der Waals surface area contributed by atoms with Gasteiger partial charge in [-0.3, -0.25) is 0 Å². The Hall–Kier alpha value is -0.870. The number of ether oxygens (including phenoxy) is 1. The van der Waals surface area contributed by atoms with Gasteiger partial charge in [-0.25, -0.2) is 8.42 Å². The second kappa shape index (κ2) is 5.41. The Morgan fingerprint density at radius 3 is 2.50 bits per heavy atom. The average molecular weight is 268 g/mol. The van der Waals surface area contributed by atoms with Crippen molar-refractivity contribution in [2.75, 3.05) is 12.4 Å². The molecule has 1 aromatic carbocycles. The van der Waals surface area contributed by atoms with E-state index in [1.165, 1.54) is 0 Å². The van der Waals surface area contributed by atoms with Gasteiger partial charge in [0.05, 0.1) is 23.4 Å². The van der Waals surface area contributed by atoms with Crippen molar-refractivity contribution in [3.8, 4) is 0 Å². The molecule has 100 valence electrons. The molecule has 1 aliphatic heterocycles. The van der Waals surface area contributed by atoms with Crippen LogP contribution in [0.4, 0.5) is 0 Å². The lowest BCUT2D eigenvalue weighted by Crippen LogP contribution is -2.20. The second-order valence-electron chi connectivity index (χ2n) is 5.29. The van der Waals surface area contributed by atoms with Crippen molar-refractivity contribution in [2.24, 2.45) is 11.8 Å². The molecule has 0 aromatic heterocycles. The van der Waals surface area contributed by atoms with Crippen LogP contribution in [0, 0.1) is 11.8 Å². The highest BCUT2D eigenvalue weighted by Crippen LogP contribution is 2.28. The predicted octanol–water partition coefficient (Wildman–Crippen LogP) is 2.52. The minimum atomic E-state index is -3.22. The summed E-state index contributed by atoms with van der Waals surface area (Å²) < 4.78 is 30.0. The molecule has 3 nitrogen and oxygen atoms in total. The van der Waals surface area contributed by atoms with E-state index in [1.807, 2.05) is 6.07 Å². The fourth-order valence-electron chi connectivity index (χ4n) is 2.28. The Morgan fingerprint density at radius 1 is 1.28 bits per heavy atom. The molecule has 0 saturated carbocycles. The van der Waals surface area contributed by atoms with Gasteiger partial charge in [-0.2, -0.15) is 0 Å². The monoisotopic (exact) mass is 268 g/mol. The fourth-order valence-corrected chi connectivity index (χ4v) is 3.77. The van der Waals surface area contributed by atoms with Crippen molar-refractivity contribution in [1.29, 1.82) is 0 Å². The van der Waals surface area contributed by atoms with Crippen LogP contribution in [-0.4, -0.2) is 26.9 Å². The summed E-state index contributed by atoms with van der Waals surface area (Å²) in [6, 6.07) is 8.60. The molecule has 4 heteroatoms. The Morgan fingerprint density at radius 2 is 1.94 bits per heavy atom. The first-order valence-electron chi connectivity index (χ1n) is 6.38. The Kier molecular flexibility index (Phi) is 4.07. The van der Waals surface area contributed by atoms with E-state index in [1.54, 1.807) is 24.3 Å². The van der Waals surface area contributed by atoms with Gasteiger partial charge in [0.15, 0.2) is 9.84 Å². The van der Waals surface area contributed by atoms with E-state index in [2.05, 4.69) is 13.8 Å². The molecule has 2 rings (SSSR count). The summed E-state index contributed by atoms with van der Waals surface area (Å²) >= 11 is 0. The SMILES string of the molecule is CC(C)[C@@H]1CO[C@@H](CS(=O)(=O)c2ccccc2)C1. The van der Waals surface area contributed by atoms with Crippen molar-refractivity contribution in [3.05, 3.63) is 30.3 Å². The topological polar surface area (TPSA) is 43.4 Å². The van der Waals surface area contributed by atoms with E-state index in [9.17, 15) is 8.42 Å². The first-order valence-corrected chi connectivity index (χ1v) is 8.03. The molecule has 0 unspecified atom stereocenters. The van der Waals surface area contributed by atoms with Crippen LogP contribution in [0.5, 0.6) is 0 Å². The van der Waals surface area contributed by atoms with Crippen LogP contribution >= 0.6 is 0 Å². The quantitative estimate of drug-likeness (QED) is 0.842. The largest absolute Gasteiger partial charge is 0.377 e. The summed E-state index contributed by atoms with van der Waals surface area (Å²) in [5.41, 5.74) is 0. The molecule has 18 heavy (non-hydrogen) atoms. The minimum absolute atomic E-state index is 0.0975. The zero-order valence-corrected chi connectivity index (χ0v) is 11.7. The van der Waals surface area contributed by atoms with E-state index >= 15 is 0 Å². The summed E-state index contributed by atoms with van der Waals surface area (Å²) in [5, 5.41) is 0. The fraction of sp³-hybridized carbons (Fsp3) is 0.571. The summed E-state index contributed by atoms with van der Waals surface area (Å²) in [7, 11) is -3.22. The normalized spacial score (nSPS) is 24.6. The first kappa shape index (κ1) is 13.6. The Balaban J connectivity index is 2.03. The van der Waals surface area contributed by atoms with Gasteiger partial charge in [0.25, 0.3) is 0 Å². The molecule has 1 saturated heterocycles. The third-order valence-electron chi connectivity index (χ3n) is 3.56. The van der Waals surface area contributed by atoms with Crippen LogP contribution in [0.25, 0.3) is 0 Å². The molecule has 0 spiro atoms. The Bertz CT molecular complexity index is 479. The number of sulfone groups is 1. The van der Waals surface area contributed by atoms with Crippen molar-refractivity contribution in [2.45, 2.75) is 31.3 Å². The summed E-state index contributed by atoms with van der Waals surface area (Å²) in [4.78, 5) is 0.390. The van der Waals surface area contributed by atoms with Gasteiger partial charge in [-0.05, 0) is 30.4 Å². The van der Waals surface area contributed by atoms with E-state index in [4.69, 9.17) is 4.74 Å². The zero-order chi connectivity index (χ0) is 13.2. The van der Waals surface area contributed by atoms with E-state index in [0.717, 1.165) is 6.42 Å². The number of hydrogen-bond donors (Lipinski definition) is 0. The molecule has 0 aliphatic carbocycles. The Labute approximate surface area is 109 Å². The van der Waals surface area contributed by atoms with Crippen molar-refractivity contribution in [1.82, 2.24) is 0 Å². The molecule has 2 atom stereocenters. The zero-order valence-electron chi connectivity index (χ0n) is 10.9. The molecule has 0 bridgehead atoms. The van der Waals surface area contributed by atoms with E-state index < -0.39 is 9.84 Å². The van der Waals surface area contributed by atoms with E-state index in [0.29, 0.717) is 23.3 Å². The number of hydrogen-bond acceptors (Lipinski definition) is 3. The van der Waals surface area contributed by atoms with Crippen molar-refractivity contribution < 1.29 is 13.2 Å². The maximum Gasteiger partial charge on any atom is 0.180 e. The van der Waals surface area contributed by atoms with Crippen LogP contribution < -0.4 is 0 Å². The lowest BCUT2D eigenvalue weighted by Gasteiger charge is -2.12. The number of rotatable bonds is 4. The molecule has 1 heterocycles. The first-order chi connectivity index (χ1) is 8.49. The van der Waals surface area contributed by atoms with Crippen molar-refractivity contribution in [3.63, 3.8) is 0 Å². The molecule has 1 fully saturated rings. The van der Waals surface area contributed by atoms with Crippen LogP contribution in [0.1, 0.15) is 20.3 Å². The molecule has 0 radical (unpaired) electrons. The molecule has 1 aromatic rings. The second-order valence-corrected chi connectivity index (χ2v) is 7.32. The smallest absolute Gasteiger partial charge is 0.180 e. The summed E-state index contributed by atoms with van der Waals surface area (Å²) in [5.74, 6) is 1.13. The molecule has 0 N–H and O–H groups in total. The summed E-state index contributed by atoms with van der Waals surface area (Å²) in [6.07, 6.45) is 0.701. The van der Waals surface area contributed by atoms with Gasteiger partial charge >= 0.3 is 0 Å². The highest BCUT2D eigenvalue weighted by Gasteiger charge is 2.31. The third kappa shape index (κ3) is 3.12. The third-order valence-corrected chi connectivity index (χ3v) is 5.36. The van der Waals surface area contributed by atoms with Crippen LogP contribution in [0.15, 0.2) is 35.2 Å². The number of benzene rings is 1. The van der Waals surface area contributed by atoms with Gasteiger partial charge in [-0.1, -0.05) is 32.0 Å². The lowest BCUT2D eigenvalue weighted by atomic mass is 9.94. The van der Waals surface area contributed by atoms with Crippen LogP contribution in [0.2, 0.25) is 0 Å². The average Bonchev–Trinajstić information content (AvgIpc) is 2.78. The maximum atomic E-state index is 12.2. The van der Waals surface area contributed by atoms with Gasteiger partial charge in [0.1, 0.15) is 0 Å². The highest BCUT2D eigenvalue weighted by atomic mass is 32.2.